The van der Waals surface area contributed by atoms with Crippen molar-refractivity contribution in [2.45, 2.75) is 223 Å². The van der Waals surface area contributed by atoms with E-state index >= 15 is 0 Å². The van der Waals surface area contributed by atoms with Gasteiger partial charge in [-0.3, -0.25) is 23.2 Å². The van der Waals surface area contributed by atoms with Gasteiger partial charge in [-0.1, -0.05) is 138 Å². The minimum Gasteiger partial charge on any atom is -0.462 e. The second kappa shape index (κ2) is 40.8. The molecule has 0 heterocycles. The minimum absolute atomic E-state index is 0.0180. The number of aliphatic hydroxyl groups is 5. The first-order valence-electron chi connectivity index (χ1n) is 25.5. The average Bonchev–Trinajstić information content (AvgIpc) is 3.30. The quantitative estimate of drug-likeness (QED) is 0.0122. The third kappa shape index (κ3) is 35.5. The summed E-state index contributed by atoms with van der Waals surface area (Å²) in [6.07, 6.45) is 32.6. The lowest BCUT2D eigenvalue weighted by Crippen LogP contribution is -2.64. The highest BCUT2D eigenvalue weighted by molar-refractivity contribution is 7.47. The first-order chi connectivity index (χ1) is 33.5. The lowest BCUT2D eigenvalue weighted by atomic mass is 9.85. The van der Waals surface area contributed by atoms with Crippen LogP contribution in [0.25, 0.3) is 0 Å². The summed E-state index contributed by atoms with van der Waals surface area (Å²) in [6, 6.07) is 0. The van der Waals surface area contributed by atoms with Crippen LogP contribution in [-0.2, 0) is 41.8 Å². The van der Waals surface area contributed by atoms with Gasteiger partial charge in [-0.05, 0) is 96.8 Å². The molecular weight excluding hydrogens is 946 g/mol. The number of phosphoric acid groups is 2. The van der Waals surface area contributed by atoms with Crippen molar-refractivity contribution >= 4 is 27.6 Å². The van der Waals surface area contributed by atoms with Gasteiger partial charge in [0.05, 0.1) is 12.7 Å². The number of ether oxygens (including phenoxy) is 2. The first-order valence-corrected chi connectivity index (χ1v) is 28.5. The topological polar surface area (TPSA) is 276 Å². The van der Waals surface area contributed by atoms with Gasteiger partial charge in [0, 0.05) is 12.8 Å². The molecule has 1 rings (SSSR count). The minimum atomic E-state index is -5.38. The molecule has 0 radical (unpaired) electrons. The van der Waals surface area contributed by atoms with Crippen molar-refractivity contribution in [3.63, 3.8) is 0 Å². The van der Waals surface area contributed by atoms with Crippen LogP contribution in [-0.4, -0.2) is 114 Å². The molecule has 404 valence electrons. The Kier molecular flexibility index (Phi) is 38.2. The molecule has 1 aliphatic carbocycles. The van der Waals surface area contributed by atoms with Crippen LogP contribution in [0.1, 0.15) is 174 Å². The SMILES string of the molecule is CCCCC/C=C\C/C=C\CCCCCCCCCCCC(=O)O[C@H](COC(=O)CCC/C=C\C/C=C\C/C=C\C/C=C\CCC[C@@H](C)O)COP(=O)(O)O[C@H]1C(O)C(O)C(O)[C@@H](OP(=O)(O)O)C1O. The summed E-state index contributed by atoms with van der Waals surface area (Å²) >= 11 is 0. The van der Waals surface area contributed by atoms with Crippen LogP contribution in [0.5, 0.6) is 0 Å². The van der Waals surface area contributed by atoms with E-state index in [1.165, 1.54) is 38.5 Å². The van der Waals surface area contributed by atoms with Crippen LogP contribution in [0.15, 0.2) is 72.9 Å². The number of unbranched alkanes of at least 4 members (excludes halogenated alkanes) is 14. The van der Waals surface area contributed by atoms with Gasteiger partial charge in [-0.2, -0.15) is 0 Å². The number of carbonyl (C=O) groups excluding carboxylic acids is 2. The maximum absolute atomic E-state index is 13.0. The number of allylic oxidation sites excluding steroid dienone is 12. The molecule has 0 spiro atoms. The highest BCUT2D eigenvalue weighted by Gasteiger charge is 2.54. The van der Waals surface area contributed by atoms with E-state index in [1.807, 2.05) is 18.2 Å². The van der Waals surface area contributed by atoms with Gasteiger partial charge in [0.1, 0.15) is 43.2 Å². The standard InChI is InChI=1S/C51H88O17P2/c1-3-4-5-6-7-8-9-10-11-12-13-14-17-21-24-27-30-33-36-39-45(54)66-43(41-65-70(62,63)68-51-48(57)46(55)47(56)50(49(51)58)67-69(59,60)61)40-64-44(53)38-35-32-29-26-23-20-18-15-16-19-22-25-28-31-34-37-42(2)52/h7-8,10-11,16,18-20,25-26,28-29,42-43,46-52,55-58H,3-6,9,12-15,17,21-24,27,30-41H2,1-2H3,(H,62,63)(H2,59,60,61)/b8-7-,11-10-,19-16-,20-18-,28-25-,29-26-/t42-,43-,46?,47?,48?,49?,50-,51+/m1/s1. The number of carbonyl (C=O) groups is 2. The van der Waals surface area contributed by atoms with Gasteiger partial charge >= 0.3 is 27.6 Å². The summed E-state index contributed by atoms with van der Waals surface area (Å²) in [6.45, 7) is 2.60. The number of hydrogen-bond acceptors (Lipinski definition) is 14. The fourth-order valence-corrected chi connectivity index (χ4v) is 8.84. The van der Waals surface area contributed by atoms with E-state index in [1.54, 1.807) is 6.92 Å². The summed E-state index contributed by atoms with van der Waals surface area (Å²) in [5.74, 6) is -1.30. The van der Waals surface area contributed by atoms with Crippen molar-refractivity contribution in [1.82, 2.24) is 0 Å². The molecule has 0 bridgehead atoms. The second-order valence-corrected chi connectivity index (χ2v) is 20.4. The molecule has 17 nitrogen and oxygen atoms in total. The molecule has 0 aromatic carbocycles. The van der Waals surface area contributed by atoms with E-state index in [-0.39, 0.29) is 18.9 Å². The summed E-state index contributed by atoms with van der Waals surface area (Å²) in [4.78, 5) is 54.4. The Morgan fingerprint density at radius 3 is 1.44 bits per heavy atom. The summed E-state index contributed by atoms with van der Waals surface area (Å²) < 4.78 is 49.4. The zero-order valence-corrected chi connectivity index (χ0v) is 43.6. The lowest BCUT2D eigenvalue weighted by molar-refractivity contribution is -0.216. The molecule has 70 heavy (non-hydrogen) atoms. The van der Waals surface area contributed by atoms with Gasteiger partial charge in [-0.25, -0.2) is 9.13 Å². The van der Waals surface area contributed by atoms with Crippen LogP contribution in [0.4, 0.5) is 0 Å². The van der Waals surface area contributed by atoms with E-state index in [4.69, 9.17) is 18.5 Å². The zero-order chi connectivity index (χ0) is 51.9. The van der Waals surface area contributed by atoms with Crippen molar-refractivity contribution in [3.05, 3.63) is 72.9 Å². The largest absolute Gasteiger partial charge is 0.472 e. The third-order valence-corrected chi connectivity index (χ3v) is 12.8. The molecule has 19 heteroatoms. The Morgan fingerprint density at radius 1 is 0.514 bits per heavy atom. The Morgan fingerprint density at radius 2 is 0.943 bits per heavy atom. The zero-order valence-electron chi connectivity index (χ0n) is 41.8. The maximum Gasteiger partial charge on any atom is 0.472 e. The van der Waals surface area contributed by atoms with Gasteiger partial charge in [0.15, 0.2) is 6.10 Å². The predicted octanol–water partition coefficient (Wildman–Crippen LogP) is 9.37. The van der Waals surface area contributed by atoms with Crippen LogP contribution in [0, 0.1) is 0 Å². The van der Waals surface area contributed by atoms with Crippen molar-refractivity contribution in [2.75, 3.05) is 13.2 Å². The van der Waals surface area contributed by atoms with Crippen molar-refractivity contribution in [3.8, 4) is 0 Å². The highest BCUT2D eigenvalue weighted by atomic mass is 31.2. The third-order valence-electron chi connectivity index (χ3n) is 11.3. The van der Waals surface area contributed by atoms with Crippen molar-refractivity contribution < 1.29 is 82.0 Å². The van der Waals surface area contributed by atoms with Crippen molar-refractivity contribution in [2.24, 2.45) is 0 Å². The number of phosphoric ester groups is 2. The molecule has 1 saturated carbocycles. The predicted molar refractivity (Wildman–Crippen MR) is 270 cm³/mol. The van der Waals surface area contributed by atoms with Crippen LogP contribution >= 0.6 is 15.6 Å². The van der Waals surface area contributed by atoms with Crippen LogP contribution in [0.2, 0.25) is 0 Å². The number of rotatable bonds is 42. The van der Waals surface area contributed by atoms with E-state index in [0.29, 0.717) is 19.3 Å². The molecule has 0 saturated heterocycles. The Balaban J connectivity index is 2.59. The molecule has 0 aromatic rings. The average molecular weight is 1040 g/mol. The summed E-state index contributed by atoms with van der Waals surface area (Å²) in [7, 11) is -10.7. The van der Waals surface area contributed by atoms with Gasteiger partial charge in [0.25, 0.3) is 0 Å². The molecule has 1 aliphatic rings. The molecule has 0 aromatic heterocycles. The van der Waals surface area contributed by atoms with Gasteiger partial charge in [-0.15, -0.1) is 0 Å². The van der Waals surface area contributed by atoms with E-state index in [0.717, 1.165) is 89.9 Å². The van der Waals surface area contributed by atoms with E-state index in [9.17, 15) is 58.9 Å². The normalized spacial score (nSPS) is 22.0. The number of esters is 2. The number of hydrogen-bond donors (Lipinski definition) is 8. The molecule has 5 unspecified atom stereocenters. The smallest absolute Gasteiger partial charge is 0.462 e. The van der Waals surface area contributed by atoms with Crippen LogP contribution < -0.4 is 0 Å². The Hall–Kier alpha value is -2.60. The highest BCUT2D eigenvalue weighted by Crippen LogP contribution is 2.49. The Bertz CT molecular complexity index is 1640. The molecule has 1 fully saturated rings. The van der Waals surface area contributed by atoms with Crippen molar-refractivity contribution in [1.29, 1.82) is 0 Å². The molecule has 0 amide bonds. The Labute approximate surface area is 417 Å². The first kappa shape index (κ1) is 65.4. The number of aliphatic hydroxyl groups excluding tert-OH is 5. The fourth-order valence-electron chi connectivity index (χ4n) is 7.30. The fraction of sp³-hybridized carbons (Fsp3) is 0.725. The molecule has 9 atom stereocenters. The van der Waals surface area contributed by atoms with E-state index < -0.39 is 83.5 Å². The van der Waals surface area contributed by atoms with Gasteiger partial charge in [0.2, 0.25) is 0 Å². The second-order valence-electron chi connectivity index (χ2n) is 17.8. The molecule has 8 N–H and O–H groups in total. The van der Waals surface area contributed by atoms with Gasteiger partial charge < -0.3 is 49.7 Å². The molecular formula is C51H88O17P2. The molecule has 0 aliphatic heterocycles. The van der Waals surface area contributed by atoms with Crippen LogP contribution in [0.3, 0.4) is 0 Å². The maximum atomic E-state index is 13.0. The lowest BCUT2D eigenvalue weighted by Gasteiger charge is -2.43. The summed E-state index contributed by atoms with van der Waals surface area (Å²) in [5.41, 5.74) is 0. The monoisotopic (exact) mass is 1030 g/mol. The van der Waals surface area contributed by atoms with E-state index in [2.05, 4.69) is 66.1 Å². The summed E-state index contributed by atoms with van der Waals surface area (Å²) in [5, 5.41) is 50.6.